The lowest BCUT2D eigenvalue weighted by atomic mass is 10.2. The van der Waals surface area contributed by atoms with Crippen molar-refractivity contribution in [3.8, 4) is 5.75 Å². The number of nitrogens with one attached hydrogen (secondary N) is 1. The van der Waals surface area contributed by atoms with Crippen LogP contribution in [0.5, 0.6) is 5.75 Å². The molecule has 0 saturated heterocycles. The predicted octanol–water partition coefficient (Wildman–Crippen LogP) is 2.06. The van der Waals surface area contributed by atoms with E-state index in [1.54, 1.807) is 6.07 Å². The number of carbonyl (C=O) groups is 1. The lowest BCUT2D eigenvalue weighted by Gasteiger charge is -2.07. The molecule has 0 aliphatic rings. The standard InChI is InChI=1S/C13H12FN3O2/c1-19-11-6-9(3-4-10(11)14)17-13(18)8-2-5-12(15)16-7-8/h2-7H,1H3,(H2,15,16)(H,17,18). The van der Waals surface area contributed by atoms with Crippen molar-refractivity contribution in [3.05, 3.63) is 47.9 Å². The lowest BCUT2D eigenvalue weighted by Crippen LogP contribution is -2.12. The Bertz CT molecular complexity index is 599. The highest BCUT2D eigenvalue weighted by molar-refractivity contribution is 6.04. The predicted molar refractivity (Wildman–Crippen MR) is 69.6 cm³/mol. The summed E-state index contributed by atoms with van der Waals surface area (Å²) in [5, 5.41) is 2.61. The zero-order valence-corrected chi connectivity index (χ0v) is 10.2. The van der Waals surface area contributed by atoms with Crippen molar-refractivity contribution < 1.29 is 13.9 Å². The number of ether oxygens (including phenoxy) is 1. The molecule has 0 spiro atoms. The van der Waals surface area contributed by atoms with Crippen LogP contribution in [-0.4, -0.2) is 18.0 Å². The number of rotatable bonds is 3. The van der Waals surface area contributed by atoms with Gasteiger partial charge in [0, 0.05) is 18.0 Å². The molecule has 1 aromatic heterocycles. The van der Waals surface area contributed by atoms with Gasteiger partial charge in [0.05, 0.1) is 12.7 Å². The highest BCUT2D eigenvalue weighted by atomic mass is 19.1. The SMILES string of the molecule is COc1cc(NC(=O)c2ccc(N)nc2)ccc1F. The number of carbonyl (C=O) groups excluding carboxylic acids is 1. The normalized spacial score (nSPS) is 10.0. The van der Waals surface area contributed by atoms with Gasteiger partial charge in [0.15, 0.2) is 11.6 Å². The van der Waals surface area contributed by atoms with E-state index in [1.165, 1.54) is 37.6 Å². The quantitative estimate of drug-likeness (QED) is 0.886. The van der Waals surface area contributed by atoms with E-state index in [1.807, 2.05) is 0 Å². The maximum atomic E-state index is 13.2. The lowest BCUT2D eigenvalue weighted by molar-refractivity contribution is 0.102. The summed E-state index contributed by atoms with van der Waals surface area (Å²) >= 11 is 0. The van der Waals surface area contributed by atoms with Crippen LogP contribution >= 0.6 is 0 Å². The third kappa shape index (κ3) is 2.98. The summed E-state index contributed by atoms with van der Waals surface area (Å²) in [7, 11) is 1.36. The molecule has 0 bridgehead atoms. The van der Waals surface area contributed by atoms with E-state index < -0.39 is 5.82 Å². The smallest absolute Gasteiger partial charge is 0.257 e. The number of anilines is 2. The molecule has 0 atom stereocenters. The van der Waals surface area contributed by atoms with Crippen molar-refractivity contribution in [2.45, 2.75) is 0 Å². The number of nitrogens with zero attached hydrogens (tertiary/aromatic N) is 1. The number of benzene rings is 1. The summed E-state index contributed by atoms with van der Waals surface area (Å²) in [6, 6.07) is 7.15. The first kappa shape index (κ1) is 12.8. The number of hydrogen-bond acceptors (Lipinski definition) is 4. The fourth-order valence-corrected chi connectivity index (χ4v) is 1.48. The molecule has 1 amide bonds. The number of aromatic nitrogens is 1. The Labute approximate surface area is 109 Å². The van der Waals surface area contributed by atoms with Crippen molar-refractivity contribution >= 4 is 17.4 Å². The van der Waals surface area contributed by atoms with Gasteiger partial charge in [-0.15, -0.1) is 0 Å². The fourth-order valence-electron chi connectivity index (χ4n) is 1.48. The molecule has 1 aromatic carbocycles. The third-order valence-corrected chi connectivity index (χ3v) is 2.46. The van der Waals surface area contributed by atoms with Gasteiger partial charge >= 0.3 is 0 Å². The van der Waals surface area contributed by atoms with Gasteiger partial charge in [-0.1, -0.05) is 0 Å². The summed E-state index contributed by atoms with van der Waals surface area (Å²) in [6.07, 6.45) is 1.37. The van der Waals surface area contributed by atoms with Crippen LogP contribution in [0.1, 0.15) is 10.4 Å². The second-order valence-corrected chi connectivity index (χ2v) is 3.78. The fraction of sp³-hybridized carbons (Fsp3) is 0.0769. The zero-order chi connectivity index (χ0) is 13.8. The van der Waals surface area contributed by atoms with Gasteiger partial charge in [0.2, 0.25) is 0 Å². The van der Waals surface area contributed by atoms with Crippen LogP contribution in [0.3, 0.4) is 0 Å². The van der Waals surface area contributed by atoms with E-state index in [0.29, 0.717) is 17.1 Å². The molecule has 0 radical (unpaired) electrons. The molecule has 0 unspecified atom stereocenters. The molecule has 0 aliphatic heterocycles. The largest absolute Gasteiger partial charge is 0.494 e. The summed E-state index contributed by atoms with van der Waals surface area (Å²) < 4.78 is 18.0. The van der Waals surface area contributed by atoms with Crippen molar-refractivity contribution in [2.24, 2.45) is 0 Å². The summed E-state index contributed by atoms with van der Waals surface area (Å²) in [6.45, 7) is 0. The molecule has 3 N–H and O–H groups in total. The first-order valence-corrected chi connectivity index (χ1v) is 5.46. The summed E-state index contributed by atoms with van der Waals surface area (Å²) in [5.41, 5.74) is 6.22. The minimum Gasteiger partial charge on any atom is -0.494 e. The van der Waals surface area contributed by atoms with Crippen LogP contribution in [0.2, 0.25) is 0 Å². The Morgan fingerprint density at radius 3 is 2.79 bits per heavy atom. The highest BCUT2D eigenvalue weighted by Crippen LogP contribution is 2.21. The Hall–Kier alpha value is -2.63. The molecular weight excluding hydrogens is 249 g/mol. The Kier molecular flexibility index (Phi) is 3.61. The van der Waals surface area contributed by atoms with Crippen LogP contribution < -0.4 is 15.8 Å². The third-order valence-electron chi connectivity index (χ3n) is 2.46. The van der Waals surface area contributed by atoms with E-state index in [4.69, 9.17) is 10.5 Å². The Morgan fingerprint density at radius 1 is 1.37 bits per heavy atom. The topological polar surface area (TPSA) is 77.2 Å². The average Bonchev–Trinajstić information content (AvgIpc) is 2.41. The van der Waals surface area contributed by atoms with Gasteiger partial charge in [0.25, 0.3) is 5.91 Å². The number of nitrogen functional groups attached to an aromatic ring is 1. The molecule has 19 heavy (non-hydrogen) atoms. The Morgan fingerprint density at radius 2 is 2.16 bits per heavy atom. The molecule has 0 saturated carbocycles. The maximum Gasteiger partial charge on any atom is 0.257 e. The number of methoxy groups -OCH3 is 1. The second-order valence-electron chi connectivity index (χ2n) is 3.78. The van der Waals surface area contributed by atoms with Gasteiger partial charge in [0.1, 0.15) is 5.82 Å². The molecule has 6 heteroatoms. The first-order valence-electron chi connectivity index (χ1n) is 5.46. The number of amides is 1. The van der Waals surface area contributed by atoms with Crippen LogP contribution in [0.15, 0.2) is 36.5 Å². The number of halogens is 1. The van der Waals surface area contributed by atoms with E-state index in [-0.39, 0.29) is 11.7 Å². The van der Waals surface area contributed by atoms with Gasteiger partial charge in [-0.05, 0) is 24.3 Å². The van der Waals surface area contributed by atoms with Crippen molar-refractivity contribution in [3.63, 3.8) is 0 Å². The van der Waals surface area contributed by atoms with E-state index >= 15 is 0 Å². The van der Waals surface area contributed by atoms with Crippen LogP contribution in [0.4, 0.5) is 15.9 Å². The second kappa shape index (κ2) is 5.34. The molecule has 0 fully saturated rings. The van der Waals surface area contributed by atoms with E-state index in [9.17, 15) is 9.18 Å². The zero-order valence-electron chi connectivity index (χ0n) is 10.2. The van der Waals surface area contributed by atoms with Crippen LogP contribution in [0.25, 0.3) is 0 Å². The minimum absolute atomic E-state index is 0.0632. The summed E-state index contributed by atoms with van der Waals surface area (Å²) in [5.74, 6) is -0.455. The van der Waals surface area contributed by atoms with Crippen molar-refractivity contribution in [1.82, 2.24) is 4.98 Å². The molecule has 0 aliphatic carbocycles. The van der Waals surface area contributed by atoms with Crippen LogP contribution in [-0.2, 0) is 0 Å². The van der Waals surface area contributed by atoms with Crippen molar-refractivity contribution in [2.75, 3.05) is 18.2 Å². The molecule has 2 rings (SSSR count). The average molecular weight is 261 g/mol. The maximum absolute atomic E-state index is 13.2. The monoisotopic (exact) mass is 261 g/mol. The minimum atomic E-state index is -0.491. The van der Waals surface area contributed by atoms with Gasteiger partial charge in [-0.25, -0.2) is 9.37 Å². The number of nitrogens with two attached hydrogens (primary N) is 1. The Balaban J connectivity index is 2.17. The molecular formula is C13H12FN3O2. The molecule has 2 aromatic rings. The number of pyridine rings is 1. The highest BCUT2D eigenvalue weighted by Gasteiger charge is 2.09. The molecule has 1 heterocycles. The first-order chi connectivity index (χ1) is 9.10. The van der Waals surface area contributed by atoms with Crippen LogP contribution in [0, 0.1) is 5.82 Å². The van der Waals surface area contributed by atoms with E-state index in [0.717, 1.165) is 0 Å². The molecule has 5 nitrogen and oxygen atoms in total. The van der Waals surface area contributed by atoms with E-state index in [2.05, 4.69) is 10.3 Å². The number of hydrogen-bond donors (Lipinski definition) is 2. The van der Waals surface area contributed by atoms with Gasteiger partial charge in [-0.2, -0.15) is 0 Å². The van der Waals surface area contributed by atoms with Gasteiger partial charge in [-0.3, -0.25) is 4.79 Å². The molecule has 98 valence electrons. The van der Waals surface area contributed by atoms with Crippen molar-refractivity contribution in [1.29, 1.82) is 0 Å². The van der Waals surface area contributed by atoms with Gasteiger partial charge < -0.3 is 15.8 Å². The summed E-state index contributed by atoms with van der Waals surface area (Å²) in [4.78, 5) is 15.7.